The summed E-state index contributed by atoms with van der Waals surface area (Å²) in [6, 6.07) is 0. The van der Waals surface area contributed by atoms with Crippen LogP contribution in [0.1, 0.15) is 52.9 Å². The summed E-state index contributed by atoms with van der Waals surface area (Å²) in [5, 5.41) is 9.92. The van der Waals surface area contributed by atoms with E-state index in [2.05, 4.69) is 0 Å². The molecule has 1 rings (SSSR count). The molecule has 1 N–H and O–H groups in total. The number of likely N-dealkylation sites (tertiary alicyclic amines) is 1. The Labute approximate surface area is 103 Å². The fourth-order valence-electron chi connectivity index (χ4n) is 2.15. The molecule has 1 saturated heterocycles. The molecule has 0 radical (unpaired) electrons. The van der Waals surface area contributed by atoms with Crippen LogP contribution in [-0.2, 0) is 9.59 Å². The maximum atomic E-state index is 11.7. The Bertz CT molecular complexity index is 276. The van der Waals surface area contributed by atoms with Gasteiger partial charge in [-0.05, 0) is 24.7 Å². The largest absolute Gasteiger partial charge is 0.391 e. The third kappa shape index (κ3) is 4.86. The molecule has 1 aliphatic heterocycles. The Balaban J connectivity index is 2.58. The smallest absolute Gasteiger partial charge is 0.229 e. The Morgan fingerprint density at radius 1 is 1.18 bits per heavy atom. The van der Waals surface area contributed by atoms with E-state index in [9.17, 15) is 14.7 Å². The van der Waals surface area contributed by atoms with Crippen LogP contribution in [0, 0.1) is 5.41 Å². The first-order chi connectivity index (χ1) is 7.79. The van der Waals surface area contributed by atoms with E-state index in [1.165, 1.54) is 4.90 Å². The fourth-order valence-corrected chi connectivity index (χ4v) is 2.15. The minimum Gasteiger partial charge on any atom is -0.391 e. The number of amides is 2. The molecule has 0 saturated carbocycles. The first kappa shape index (κ1) is 14.2. The highest BCUT2D eigenvalue weighted by Crippen LogP contribution is 2.22. The Morgan fingerprint density at radius 2 is 1.65 bits per heavy atom. The molecule has 2 amide bonds. The van der Waals surface area contributed by atoms with Gasteiger partial charge in [-0.1, -0.05) is 20.8 Å². The van der Waals surface area contributed by atoms with Gasteiger partial charge in [-0.15, -0.1) is 0 Å². The van der Waals surface area contributed by atoms with Crippen LogP contribution in [0.2, 0.25) is 0 Å². The van der Waals surface area contributed by atoms with E-state index < -0.39 is 6.10 Å². The second kappa shape index (κ2) is 5.63. The third-order valence-electron chi connectivity index (χ3n) is 2.87. The molecular weight excluding hydrogens is 218 g/mol. The number of hydrogen-bond donors (Lipinski definition) is 1. The molecule has 98 valence electrons. The maximum Gasteiger partial charge on any atom is 0.229 e. The minimum absolute atomic E-state index is 0.00262. The van der Waals surface area contributed by atoms with E-state index in [4.69, 9.17) is 0 Å². The number of nitrogens with zero attached hydrogens (tertiary/aromatic N) is 1. The molecule has 1 aliphatic rings. The number of hydrogen-bond acceptors (Lipinski definition) is 3. The molecule has 1 heterocycles. The zero-order valence-electron chi connectivity index (χ0n) is 11.0. The average molecular weight is 241 g/mol. The maximum absolute atomic E-state index is 11.7. The molecule has 0 aromatic heterocycles. The molecular formula is C13H23NO3. The number of carbonyl (C=O) groups excluding carboxylic acids is 2. The van der Waals surface area contributed by atoms with Gasteiger partial charge in [0.15, 0.2) is 0 Å². The van der Waals surface area contributed by atoms with Crippen molar-refractivity contribution in [3.63, 3.8) is 0 Å². The first-order valence-corrected chi connectivity index (χ1v) is 6.31. The molecule has 1 atom stereocenters. The highest BCUT2D eigenvalue weighted by atomic mass is 16.3. The quantitative estimate of drug-likeness (QED) is 0.765. The summed E-state index contributed by atoms with van der Waals surface area (Å²) < 4.78 is 0. The van der Waals surface area contributed by atoms with Crippen molar-refractivity contribution < 1.29 is 14.7 Å². The standard InChI is InChI=1S/C13H23NO3/c1-13(2,3)8-10(15)9-14-11(16)6-4-5-7-12(14)17/h10,15H,4-9H2,1-3H3. The normalized spacial score (nSPS) is 20.4. The van der Waals surface area contributed by atoms with E-state index in [1.54, 1.807) is 0 Å². The summed E-state index contributed by atoms with van der Waals surface area (Å²) in [5.74, 6) is -0.277. The summed E-state index contributed by atoms with van der Waals surface area (Å²) in [5.41, 5.74) is -0.00262. The van der Waals surface area contributed by atoms with Crippen molar-refractivity contribution in [2.24, 2.45) is 5.41 Å². The fraction of sp³-hybridized carbons (Fsp3) is 0.846. The zero-order valence-corrected chi connectivity index (χ0v) is 11.0. The van der Waals surface area contributed by atoms with Crippen molar-refractivity contribution >= 4 is 11.8 Å². The Kier molecular flexibility index (Phi) is 4.69. The lowest BCUT2D eigenvalue weighted by molar-refractivity contribution is -0.145. The van der Waals surface area contributed by atoms with Gasteiger partial charge in [0.05, 0.1) is 12.6 Å². The van der Waals surface area contributed by atoms with Crippen LogP contribution < -0.4 is 0 Å². The number of rotatable bonds is 3. The minimum atomic E-state index is -0.624. The van der Waals surface area contributed by atoms with Crippen LogP contribution in [-0.4, -0.2) is 34.5 Å². The predicted octanol–water partition coefficient (Wildman–Crippen LogP) is 1.71. The Morgan fingerprint density at radius 3 is 2.06 bits per heavy atom. The average Bonchev–Trinajstić information content (AvgIpc) is 2.30. The van der Waals surface area contributed by atoms with Crippen molar-refractivity contribution in [3.8, 4) is 0 Å². The summed E-state index contributed by atoms with van der Waals surface area (Å²) in [6.07, 6.45) is 2.36. The van der Waals surface area contributed by atoms with Gasteiger partial charge in [0.25, 0.3) is 0 Å². The molecule has 0 spiro atoms. The van der Waals surface area contributed by atoms with E-state index in [-0.39, 0.29) is 23.8 Å². The topological polar surface area (TPSA) is 57.6 Å². The summed E-state index contributed by atoms with van der Waals surface area (Å²) in [4.78, 5) is 24.7. The lowest BCUT2D eigenvalue weighted by Gasteiger charge is -2.26. The number of aliphatic hydroxyl groups is 1. The number of carbonyl (C=O) groups is 2. The first-order valence-electron chi connectivity index (χ1n) is 6.31. The van der Waals surface area contributed by atoms with Crippen LogP contribution >= 0.6 is 0 Å². The second-order valence-electron chi connectivity index (χ2n) is 6.02. The molecule has 0 aliphatic carbocycles. The zero-order chi connectivity index (χ0) is 13.1. The highest BCUT2D eigenvalue weighted by molar-refractivity contribution is 5.96. The van der Waals surface area contributed by atoms with Gasteiger partial charge >= 0.3 is 0 Å². The summed E-state index contributed by atoms with van der Waals surface area (Å²) in [6.45, 7) is 6.24. The monoisotopic (exact) mass is 241 g/mol. The van der Waals surface area contributed by atoms with Crippen LogP contribution in [0.4, 0.5) is 0 Å². The molecule has 4 nitrogen and oxygen atoms in total. The lowest BCUT2D eigenvalue weighted by Crippen LogP contribution is -2.41. The van der Waals surface area contributed by atoms with E-state index >= 15 is 0 Å². The molecule has 0 aromatic carbocycles. The predicted molar refractivity (Wildman–Crippen MR) is 65.3 cm³/mol. The van der Waals surface area contributed by atoms with Crippen molar-refractivity contribution in [1.82, 2.24) is 4.90 Å². The van der Waals surface area contributed by atoms with E-state index in [0.717, 1.165) is 12.8 Å². The van der Waals surface area contributed by atoms with Crippen molar-refractivity contribution in [1.29, 1.82) is 0 Å². The van der Waals surface area contributed by atoms with E-state index in [1.807, 2.05) is 20.8 Å². The molecule has 0 bridgehead atoms. The van der Waals surface area contributed by atoms with Gasteiger partial charge < -0.3 is 5.11 Å². The van der Waals surface area contributed by atoms with E-state index in [0.29, 0.717) is 19.3 Å². The van der Waals surface area contributed by atoms with Crippen molar-refractivity contribution in [2.45, 2.75) is 59.0 Å². The van der Waals surface area contributed by atoms with Gasteiger partial charge in [-0.3, -0.25) is 14.5 Å². The molecule has 4 heteroatoms. The molecule has 17 heavy (non-hydrogen) atoms. The number of aliphatic hydroxyl groups excluding tert-OH is 1. The van der Waals surface area contributed by atoms with Crippen LogP contribution in [0.5, 0.6) is 0 Å². The molecule has 0 aromatic rings. The van der Waals surface area contributed by atoms with Crippen LogP contribution in [0.3, 0.4) is 0 Å². The van der Waals surface area contributed by atoms with Gasteiger partial charge in [-0.25, -0.2) is 0 Å². The van der Waals surface area contributed by atoms with Gasteiger partial charge in [-0.2, -0.15) is 0 Å². The van der Waals surface area contributed by atoms with Gasteiger partial charge in [0.2, 0.25) is 11.8 Å². The van der Waals surface area contributed by atoms with Crippen LogP contribution in [0.25, 0.3) is 0 Å². The van der Waals surface area contributed by atoms with Crippen molar-refractivity contribution in [3.05, 3.63) is 0 Å². The second-order valence-corrected chi connectivity index (χ2v) is 6.02. The highest BCUT2D eigenvalue weighted by Gasteiger charge is 2.27. The van der Waals surface area contributed by atoms with Gasteiger partial charge in [0, 0.05) is 12.8 Å². The van der Waals surface area contributed by atoms with Gasteiger partial charge in [0.1, 0.15) is 0 Å². The third-order valence-corrected chi connectivity index (χ3v) is 2.87. The molecule has 1 fully saturated rings. The van der Waals surface area contributed by atoms with Crippen molar-refractivity contribution in [2.75, 3.05) is 6.54 Å². The Hall–Kier alpha value is -0.900. The summed E-state index contributed by atoms with van der Waals surface area (Å²) >= 11 is 0. The number of β-amino-alcohol motifs (C(OH)–C–C–N with tert-alkyl or cyclic N) is 1. The molecule has 1 unspecified atom stereocenters. The summed E-state index contributed by atoms with van der Waals surface area (Å²) in [7, 11) is 0. The SMILES string of the molecule is CC(C)(C)CC(O)CN1C(=O)CCCCC1=O. The lowest BCUT2D eigenvalue weighted by atomic mass is 9.89. The van der Waals surface area contributed by atoms with Crippen LogP contribution in [0.15, 0.2) is 0 Å². The number of imide groups is 1.